The third-order valence-electron chi connectivity index (χ3n) is 4.83. The van der Waals surface area contributed by atoms with Crippen LogP contribution in [0.2, 0.25) is 0 Å². The van der Waals surface area contributed by atoms with Gasteiger partial charge in [0, 0.05) is 43.6 Å². The molecule has 142 valence electrons. The first-order valence-corrected chi connectivity index (χ1v) is 10.7. The Morgan fingerprint density at radius 3 is 2.72 bits per heavy atom. The van der Waals surface area contributed by atoms with Crippen LogP contribution in [-0.4, -0.2) is 62.3 Å². The fourth-order valence-electron chi connectivity index (χ4n) is 3.44. The molecule has 9 heteroatoms. The summed E-state index contributed by atoms with van der Waals surface area (Å²) in [6.45, 7) is 7.05. The van der Waals surface area contributed by atoms with Gasteiger partial charge in [0.25, 0.3) is 10.0 Å². The SMILES string of the molecule is Cc1ccc(S(=O)(=O)N2CCCC(C(=O)N3CCNC[C@H]3C)C2)s1.Cl. The van der Waals surface area contributed by atoms with Crippen molar-refractivity contribution in [3.8, 4) is 0 Å². The minimum absolute atomic E-state index is 0. The summed E-state index contributed by atoms with van der Waals surface area (Å²) < 4.78 is 27.5. The lowest BCUT2D eigenvalue weighted by molar-refractivity contribution is -0.139. The van der Waals surface area contributed by atoms with Gasteiger partial charge in [-0.05, 0) is 38.8 Å². The van der Waals surface area contributed by atoms with Crippen molar-refractivity contribution in [3.63, 3.8) is 0 Å². The molecule has 0 bridgehead atoms. The Labute approximate surface area is 160 Å². The maximum Gasteiger partial charge on any atom is 0.252 e. The van der Waals surface area contributed by atoms with Crippen LogP contribution in [0.4, 0.5) is 0 Å². The highest BCUT2D eigenvalue weighted by Crippen LogP contribution is 2.29. The number of thiophene rings is 1. The summed E-state index contributed by atoms with van der Waals surface area (Å²) in [5.74, 6) is -0.124. The largest absolute Gasteiger partial charge is 0.337 e. The quantitative estimate of drug-likeness (QED) is 0.827. The zero-order valence-corrected chi connectivity index (χ0v) is 17.1. The van der Waals surface area contributed by atoms with E-state index in [9.17, 15) is 13.2 Å². The molecule has 3 heterocycles. The first-order chi connectivity index (χ1) is 11.4. The predicted octanol–water partition coefficient (Wildman–Crippen LogP) is 1.70. The average molecular weight is 408 g/mol. The van der Waals surface area contributed by atoms with E-state index in [-0.39, 0.29) is 30.3 Å². The summed E-state index contributed by atoms with van der Waals surface area (Å²) in [6.07, 6.45) is 1.51. The van der Waals surface area contributed by atoms with Gasteiger partial charge < -0.3 is 10.2 Å². The summed E-state index contributed by atoms with van der Waals surface area (Å²) in [6, 6.07) is 3.66. The van der Waals surface area contributed by atoms with Gasteiger partial charge in [-0.1, -0.05) is 0 Å². The monoisotopic (exact) mass is 407 g/mol. The van der Waals surface area contributed by atoms with Crippen LogP contribution in [0.15, 0.2) is 16.3 Å². The zero-order chi connectivity index (χ0) is 17.3. The summed E-state index contributed by atoms with van der Waals surface area (Å²) in [5.41, 5.74) is 0. The Bertz CT molecular complexity index is 707. The van der Waals surface area contributed by atoms with Gasteiger partial charge in [0.05, 0.1) is 5.92 Å². The molecule has 2 fully saturated rings. The van der Waals surface area contributed by atoms with E-state index in [1.54, 1.807) is 6.07 Å². The van der Waals surface area contributed by atoms with Gasteiger partial charge in [0.1, 0.15) is 4.21 Å². The molecule has 3 rings (SSSR count). The highest BCUT2D eigenvalue weighted by atomic mass is 35.5. The third-order valence-corrected chi connectivity index (χ3v) is 8.16. The van der Waals surface area contributed by atoms with Crippen LogP contribution in [0.1, 0.15) is 24.6 Å². The van der Waals surface area contributed by atoms with Gasteiger partial charge in [0.15, 0.2) is 0 Å². The first kappa shape index (κ1) is 20.6. The number of piperidine rings is 1. The lowest BCUT2D eigenvalue weighted by atomic mass is 9.97. The fraction of sp³-hybridized carbons (Fsp3) is 0.688. The van der Waals surface area contributed by atoms with Gasteiger partial charge in [-0.3, -0.25) is 4.79 Å². The first-order valence-electron chi connectivity index (χ1n) is 8.47. The van der Waals surface area contributed by atoms with E-state index < -0.39 is 10.0 Å². The van der Waals surface area contributed by atoms with E-state index in [1.807, 2.05) is 24.8 Å². The van der Waals surface area contributed by atoms with Crippen molar-refractivity contribution in [1.82, 2.24) is 14.5 Å². The van der Waals surface area contributed by atoms with E-state index in [4.69, 9.17) is 0 Å². The molecule has 1 N–H and O–H groups in total. The minimum Gasteiger partial charge on any atom is -0.337 e. The number of hydrogen-bond donors (Lipinski definition) is 1. The number of aryl methyl sites for hydroxylation is 1. The van der Waals surface area contributed by atoms with Crippen molar-refractivity contribution in [2.45, 2.75) is 36.9 Å². The van der Waals surface area contributed by atoms with Crippen LogP contribution in [-0.2, 0) is 14.8 Å². The number of carbonyl (C=O) groups is 1. The molecule has 0 saturated carbocycles. The Morgan fingerprint density at radius 2 is 2.08 bits per heavy atom. The lowest BCUT2D eigenvalue weighted by Crippen LogP contribution is -2.55. The molecule has 1 unspecified atom stereocenters. The van der Waals surface area contributed by atoms with Crippen LogP contribution in [0.5, 0.6) is 0 Å². The van der Waals surface area contributed by atoms with Gasteiger partial charge in [-0.2, -0.15) is 4.31 Å². The number of hydrogen-bond acceptors (Lipinski definition) is 5. The van der Waals surface area contributed by atoms with Crippen LogP contribution in [0.3, 0.4) is 0 Å². The van der Waals surface area contributed by atoms with Crippen LogP contribution >= 0.6 is 23.7 Å². The molecule has 2 aliphatic rings. The van der Waals surface area contributed by atoms with Crippen molar-refractivity contribution in [2.24, 2.45) is 5.92 Å². The van der Waals surface area contributed by atoms with Crippen molar-refractivity contribution in [1.29, 1.82) is 0 Å². The maximum atomic E-state index is 12.9. The summed E-state index contributed by atoms with van der Waals surface area (Å²) in [5, 5.41) is 3.28. The lowest BCUT2D eigenvalue weighted by Gasteiger charge is -2.39. The zero-order valence-electron chi connectivity index (χ0n) is 14.6. The molecule has 2 aliphatic heterocycles. The maximum absolute atomic E-state index is 12.9. The van der Waals surface area contributed by atoms with Crippen LogP contribution in [0, 0.1) is 12.8 Å². The van der Waals surface area contributed by atoms with Gasteiger partial charge in [0.2, 0.25) is 5.91 Å². The van der Waals surface area contributed by atoms with Gasteiger partial charge in [-0.15, -0.1) is 23.7 Å². The smallest absolute Gasteiger partial charge is 0.252 e. The fourth-order valence-corrected chi connectivity index (χ4v) is 6.40. The number of sulfonamides is 1. The minimum atomic E-state index is -3.48. The average Bonchev–Trinajstić information content (AvgIpc) is 3.02. The summed E-state index contributed by atoms with van der Waals surface area (Å²) >= 11 is 1.29. The molecular formula is C16H26ClN3O3S2. The van der Waals surface area contributed by atoms with Crippen molar-refractivity contribution in [2.75, 3.05) is 32.7 Å². The Kier molecular flexibility index (Phi) is 6.89. The molecular weight excluding hydrogens is 382 g/mol. The van der Waals surface area contributed by atoms with Gasteiger partial charge >= 0.3 is 0 Å². The number of carbonyl (C=O) groups excluding carboxylic acids is 1. The number of piperazine rings is 1. The topological polar surface area (TPSA) is 69.7 Å². The second-order valence-electron chi connectivity index (χ2n) is 6.65. The summed E-state index contributed by atoms with van der Waals surface area (Å²) in [4.78, 5) is 15.7. The Hall–Kier alpha value is -0.670. The van der Waals surface area contributed by atoms with E-state index >= 15 is 0 Å². The number of nitrogens with one attached hydrogen (secondary N) is 1. The molecule has 0 radical (unpaired) electrons. The Balaban J connectivity index is 0.00000225. The normalized spacial score (nSPS) is 25.4. The Morgan fingerprint density at radius 1 is 1.32 bits per heavy atom. The number of amides is 1. The van der Waals surface area contributed by atoms with E-state index in [2.05, 4.69) is 5.32 Å². The molecule has 25 heavy (non-hydrogen) atoms. The highest BCUT2D eigenvalue weighted by Gasteiger charge is 2.37. The van der Waals surface area contributed by atoms with E-state index in [0.29, 0.717) is 23.8 Å². The molecule has 2 saturated heterocycles. The van der Waals surface area contributed by atoms with Crippen LogP contribution in [0.25, 0.3) is 0 Å². The van der Waals surface area contributed by atoms with Crippen LogP contribution < -0.4 is 5.32 Å². The summed E-state index contributed by atoms with van der Waals surface area (Å²) in [7, 11) is -3.48. The standard InChI is InChI=1S/C16H25N3O3S2.ClH/c1-12-10-17-7-9-19(12)16(20)14-4-3-8-18(11-14)24(21,22)15-6-5-13(2)23-15;/h5-6,12,14,17H,3-4,7-11H2,1-2H3;1H/t12-,14?;/m1./s1. The van der Waals surface area contributed by atoms with E-state index in [0.717, 1.165) is 30.8 Å². The molecule has 1 aromatic rings. The van der Waals surface area contributed by atoms with E-state index in [1.165, 1.54) is 15.6 Å². The van der Waals surface area contributed by atoms with Gasteiger partial charge in [-0.25, -0.2) is 8.42 Å². The molecule has 0 aromatic carbocycles. The second-order valence-corrected chi connectivity index (χ2v) is 10.1. The van der Waals surface area contributed by atoms with Crippen molar-refractivity contribution in [3.05, 3.63) is 17.0 Å². The predicted molar refractivity (Wildman–Crippen MR) is 102 cm³/mol. The van der Waals surface area contributed by atoms with Crippen molar-refractivity contribution < 1.29 is 13.2 Å². The molecule has 1 amide bonds. The van der Waals surface area contributed by atoms with Crippen molar-refractivity contribution >= 4 is 39.7 Å². The third kappa shape index (κ3) is 4.36. The molecule has 2 atom stereocenters. The number of rotatable bonds is 3. The molecule has 0 spiro atoms. The molecule has 1 aromatic heterocycles. The molecule has 0 aliphatic carbocycles. The number of halogens is 1. The highest BCUT2D eigenvalue weighted by molar-refractivity contribution is 7.91. The second kappa shape index (κ2) is 8.35. The molecule has 6 nitrogen and oxygen atoms in total. The number of nitrogens with zero attached hydrogens (tertiary/aromatic N) is 2.